The number of nitrogens with zero attached hydrogens (tertiary/aromatic N) is 2. The zero-order valence-electron chi connectivity index (χ0n) is 16.5. The van der Waals surface area contributed by atoms with Gasteiger partial charge in [0.25, 0.3) is 0 Å². The number of aryl methyl sites for hydroxylation is 2. The van der Waals surface area contributed by atoms with Gasteiger partial charge in [-0.15, -0.1) is 24.8 Å². The predicted molar refractivity (Wildman–Crippen MR) is 121 cm³/mol. The molecule has 7 heteroatoms. The van der Waals surface area contributed by atoms with Crippen LogP contribution < -0.4 is 15.2 Å². The van der Waals surface area contributed by atoms with E-state index in [0.717, 1.165) is 71.9 Å². The first-order chi connectivity index (χ1) is 13.3. The van der Waals surface area contributed by atoms with Gasteiger partial charge >= 0.3 is 0 Å². The van der Waals surface area contributed by atoms with Crippen molar-refractivity contribution in [3.05, 3.63) is 54.4 Å². The van der Waals surface area contributed by atoms with Crippen LogP contribution in [0.25, 0.3) is 22.5 Å². The van der Waals surface area contributed by atoms with E-state index in [0.29, 0.717) is 0 Å². The lowest BCUT2D eigenvalue weighted by Crippen LogP contribution is -2.03. The first-order valence-corrected chi connectivity index (χ1v) is 9.49. The van der Waals surface area contributed by atoms with Gasteiger partial charge in [0, 0.05) is 17.7 Å². The fraction of sp³-hybridized carbons (Fsp3) is 0.318. The number of hydrogen-bond donors (Lipinski definition) is 1. The average Bonchev–Trinajstić information content (AvgIpc) is 3.31. The molecule has 1 aliphatic rings. The van der Waals surface area contributed by atoms with Gasteiger partial charge in [-0.25, -0.2) is 4.98 Å². The van der Waals surface area contributed by atoms with Gasteiger partial charge in [0.15, 0.2) is 11.5 Å². The number of nitrogens with two attached hydrogens (primary N) is 1. The fourth-order valence-corrected chi connectivity index (χ4v) is 3.54. The Bertz CT molecular complexity index is 929. The van der Waals surface area contributed by atoms with Gasteiger partial charge in [0.05, 0.1) is 17.7 Å². The van der Waals surface area contributed by atoms with Crippen LogP contribution in [0.3, 0.4) is 0 Å². The summed E-state index contributed by atoms with van der Waals surface area (Å²) in [5, 5.41) is 0. The number of halogens is 2. The van der Waals surface area contributed by atoms with Gasteiger partial charge in [-0.1, -0.05) is 36.8 Å². The molecule has 2 N–H and O–H groups in total. The molecular weight excluding hydrogens is 409 g/mol. The molecule has 29 heavy (non-hydrogen) atoms. The van der Waals surface area contributed by atoms with Gasteiger partial charge in [0.1, 0.15) is 0 Å². The van der Waals surface area contributed by atoms with E-state index in [9.17, 15) is 0 Å². The Morgan fingerprint density at radius 1 is 1.00 bits per heavy atom. The van der Waals surface area contributed by atoms with Crippen molar-refractivity contribution in [3.8, 4) is 34.0 Å². The minimum absolute atomic E-state index is 0. The smallest absolute Gasteiger partial charge is 0.231 e. The van der Waals surface area contributed by atoms with Crippen molar-refractivity contribution in [3.63, 3.8) is 0 Å². The van der Waals surface area contributed by atoms with Crippen LogP contribution in [0.1, 0.15) is 24.8 Å². The summed E-state index contributed by atoms with van der Waals surface area (Å²) in [6.07, 6.45) is 5.20. The normalized spacial score (nSPS) is 11.7. The molecule has 2 aromatic carbocycles. The van der Waals surface area contributed by atoms with Crippen molar-refractivity contribution in [1.29, 1.82) is 0 Å². The Kier molecular flexibility index (Phi) is 8.38. The highest BCUT2D eigenvalue weighted by molar-refractivity contribution is 5.85. The molecule has 0 saturated heterocycles. The molecule has 0 unspecified atom stereocenters. The Balaban J connectivity index is 0.00000150. The third-order valence-electron chi connectivity index (χ3n) is 4.96. The maximum atomic E-state index is 5.64. The molecule has 0 amide bonds. The van der Waals surface area contributed by atoms with E-state index < -0.39 is 0 Å². The maximum absolute atomic E-state index is 5.64. The number of imidazole rings is 1. The SMILES string of the molecule is Cc1cc2c(cc1-c1c(-c3ccccc3)ncn1CCCCCN)OCO2.Cl.Cl. The third kappa shape index (κ3) is 4.86. The Labute approximate surface area is 184 Å². The summed E-state index contributed by atoms with van der Waals surface area (Å²) in [5.74, 6) is 1.61. The molecule has 3 aromatic rings. The Hall–Kier alpha value is -2.21. The van der Waals surface area contributed by atoms with E-state index in [1.807, 2.05) is 24.5 Å². The van der Waals surface area contributed by atoms with Gasteiger partial charge in [-0.2, -0.15) is 0 Å². The lowest BCUT2D eigenvalue weighted by Gasteiger charge is -2.14. The highest BCUT2D eigenvalue weighted by Crippen LogP contribution is 2.41. The van der Waals surface area contributed by atoms with Crippen LogP contribution in [-0.2, 0) is 6.54 Å². The molecule has 0 radical (unpaired) electrons. The standard InChI is InChI=1S/C22H25N3O2.2ClH/c1-16-12-19-20(27-15-26-19)13-18(16)22-21(17-8-4-2-5-9-17)24-14-25(22)11-7-3-6-10-23;;/h2,4-5,8-9,12-14H,3,6-7,10-11,15,23H2,1H3;2*1H. The first-order valence-electron chi connectivity index (χ1n) is 9.49. The van der Waals surface area contributed by atoms with Crippen molar-refractivity contribution in [1.82, 2.24) is 9.55 Å². The van der Waals surface area contributed by atoms with Crippen molar-refractivity contribution in [2.75, 3.05) is 13.3 Å². The van der Waals surface area contributed by atoms with Gasteiger partial charge in [-0.3, -0.25) is 0 Å². The lowest BCUT2D eigenvalue weighted by molar-refractivity contribution is 0.174. The van der Waals surface area contributed by atoms with Crippen LogP contribution in [-0.4, -0.2) is 22.9 Å². The number of ether oxygens (including phenoxy) is 2. The van der Waals surface area contributed by atoms with E-state index in [1.165, 1.54) is 0 Å². The Morgan fingerprint density at radius 2 is 1.72 bits per heavy atom. The lowest BCUT2D eigenvalue weighted by atomic mass is 10.00. The molecule has 0 spiro atoms. The van der Waals surface area contributed by atoms with Crippen LogP contribution in [0, 0.1) is 6.92 Å². The summed E-state index contributed by atoms with van der Waals surface area (Å²) in [6, 6.07) is 14.5. The summed E-state index contributed by atoms with van der Waals surface area (Å²) >= 11 is 0. The number of benzene rings is 2. The monoisotopic (exact) mass is 435 g/mol. The zero-order chi connectivity index (χ0) is 18.6. The minimum atomic E-state index is 0. The van der Waals surface area contributed by atoms with E-state index in [2.05, 4.69) is 35.8 Å². The number of aromatic nitrogens is 2. The second-order valence-electron chi connectivity index (χ2n) is 6.87. The van der Waals surface area contributed by atoms with Crippen LogP contribution in [0.5, 0.6) is 11.5 Å². The highest BCUT2D eigenvalue weighted by atomic mass is 35.5. The number of unbranched alkanes of at least 4 members (excludes halogenated alkanes) is 2. The van der Waals surface area contributed by atoms with Crippen molar-refractivity contribution in [2.45, 2.75) is 32.7 Å². The van der Waals surface area contributed by atoms with E-state index >= 15 is 0 Å². The van der Waals surface area contributed by atoms with Gasteiger partial charge in [-0.05, 0) is 44.0 Å². The van der Waals surface area contributed by atoms with Crippen LogP contribution in [0.15, 0.2) is 48.8 Å². The molecule has 1 aliphatic heterocycles. The molecule has 2 heterocycles. The van der Waals surface area contributed by atoms with E-state index in [1.54, 1.807) is 0 Å². The average molecular weight is 436 g/mol. The molecule has 0 saturated carbocycles. The van der Waals surface area contributed by atoms with Crippen LogP contribution >= 0.6 is 24.8 Å². The molecule has 1 aromatic heterocycles. The summed E-state index contributed by atoms with van der Waals surface area (Å²) in [4.78, 5) is 4.76. The number of rotatable bonds is 7. The number of fused-ring (bicyclic) bond motifs is 1. The highest BCUT2D eigenvalue weighted by Gasteiger charge is 2.21. The van der Waals surface area contributed by atoms with Crippen LogP contribution in [0.4, 0.5) is 0 Å². The van der Waals surface area contributed by atoms with Crippen molar-refractivity contribution in [2.24, 2.45) is 5.73 Å². The molecule has 5 nitrogen and oxygen atoms in total. The fourth-order valence-electron chi connectivity index (χ4n) is 3.54. The third-order valence-corrected chi connectivity index (χ3v) is 4.96. The number of hydrogen-bond acceptors (Lipinski definition) is 4. The summed E-state index contributed by atoms with van der Waals surface area (Å²) in [6.45, 7) is 4.05. The molecule has 0 atom stereocenters. The molecule has 0 fully saturated rings. The Morgan fingerprint density at radius 3 is 2.45 bits per heavy atom. The van der Waals surface area contributed by atoms with Crippen LogP contribution in [0.2, 0.25) is 0 Å². The second-order valence-corrected chi connectivity index (χ2v) is 6.87. The largest absolute Gasteiger partial charge is 0.454 e. The minimum Gasteiger partial charge on any atom is -0.454 e. The summed E-state index contributed by atoms with van der Waals surface area (Å²) in [5.41, 5.74) is 11.2. The summed E-state index contributed by atoms with van der Waals surface area (Å²) in [7, 11) is 0. The molecule has 0 aliphatic carbocycles. The predicted octanol–water partition coefficient (Wildman–Crippen LogP) is 5.23. The second kappa shape index (κ2) is 10.5. The maximum Gasteiger partial charge on any atom is 0.231 e. The first kappa shape index (κ1) is 23.1. The summed E-state index contributed by atoms with van der Waals surface area (Å²) < 4.78 is 13.4. The van der Waals surface area contributed by atoms with Gasteiger partial charge in [0.2, 0.25) is 6.79 Å². The van der Waals surface area contributed by atoms with Crippen molar-refractivity contribution < 1.29 is 9.47 Å². The van der Waals surface area contributed by atoms with E-state index in [-0.39, 0.29) is 31.6 Å². The topological polar surface area (TPSA) is 62.3 Å². The molecule has 4 rings (SSSR count). The van der Waals surface area contributed by atoms with E-state index in [4.69, 9.17) is 20.2 Å². The molecule has 156 valence electrons. The zero-order valence-corrected chi connectivity index (χ0v) is 18.1. The molecular formula is C22H27Cl2N3O2. The van der Waals surface area contributed by atoms with Crippen molar-refractivity contribution >= 4 is 24.8 Å². The van der Waals surface area contributed by atoms with Gasteiger partial charge < -0.3 is 19.8 Å². The quantitative estimate of drug-likeness (QED) is 0.516. The molecule has 0 bridgehead atoms.